The van der Waals surface area contributed by atoms with Gasteiger partial charge in [-0.25, -0.2) is 13.2 Å². The topological polar surface area (TPSA) is 83.7 Å². The molecule has 6 nitrogen and oxygen atoms in total. The van der Waals surface area contributed by atoms with Crippen molar-refractivity contribution in [3.8, 4) is 0 Å². The van der Waals surface area contributed by atoms with Crippen LogP contribution in [-0.2, 0) is 9.84 Å². The fraction of sp³-hybridized carbons (Fsp3) is 0.500. The first-order chi connectivity index (χ1) is 9.94. The molecular weight excluding hydrogens is 290 g/mol. The van der Waals surface area contributed by atoms with Crippen molar-refractivity contribution in [3.63, 3.8) is 0 Å². The predicted octanol–water partition coefficient (Wildman–Crippen LogP) is 1.34. The monoisotopic (exact) mass is 311 g/mol. The number of amides is 2. The summed E-state index contributed by atoms with van der Waals surface area (Å²) < 4.78 is 22.9. The van der Waals surface area contributed by atoms with Gasteiger partial charge in [-0.15, -0.1) is 0 Å². The van der Waals surface area contributed by atoms with Gasteiger partial charge in [-0.1, -0.05) is 19.1 Å². The molecule has 1 aliphatic rings. The van der Waals surface area contributed by atoms with Gasteiger partial charge in [0.15, 0.2) is 0 Å². The Bertz CT molecular complexity index is 616. The van der Waals surface area contributed by atoms with Gasteiger partial charge in [0.2, 0.25) is 0 Å². The lowest BCUT2D eigenvalue weighted by Gasteiger charge is -2.19. The van der Waals surface area contributed by atoms with Crippen molar-refractivity contribution in [3.05, 3.63) is 24.3 Å². The van der Waals surface area contributed by atoms with Crippen LogP contribution in [-0.4, -0.2) is 50.5 Å². The summed E-state index contributed by atoms with van der Waals surface area (Å²) in [4.78, 5) is 15.7. The number of hydrogen-bond acceptors (Lipinski definition) is 4. The van der Waals surface area contributed by atoms with Crippen molar-refractivity contribution < 1.29 is 13.2 Å². The van der Waals surface area contributed by atoms with Crippen molar-refractivity contribution in [1.82, 2.24) is 4.90 Å². The van der Waals surface area contributed by atoms with Gasteiger partial charge in [0.1, 0.15) is 9.84 Å². The van der Waals surface area contributed by atoms with E-state index in [1.165, 1.54) is 0 Å². The van der Waals surface area contributed by atoms with E-state index in [0.717, 1.165) is 0 Å². The van der Waals surface area contributed by atoms with Crippen LogP contribution >= 0.6 is 0 Å². The van der Waals surface area contributed by atoms with E-state index < -0.39 is 9.84 Å². The summed E-state index contributed by atoms with van der Waals surface area (Å²) in [6, 6.07) is 7.14. The van der Waals surface area contributed by atoms with Crippen molar-refractivity contribution in [2.75, 3.05) is 41.8 Å². The summed E-state index contributed by atoms with van der Waals surface area (Å²) in [7, 11) is -2.97. The highest BCUT2D eigenvalue weighted by Crippen LogP contribution is 2.26. The van der Waals surface area contributed by atoms with Crippen molar-refractivity contribution in [2.24, 2.45) is 0 Å². The van der Waals surface area contributed by atoms with Crippen LogP contribution in [0.1, 0.15) is 13.3 Å². The Morgan fingerprint density at radius 3 is 2.62 bits per heavy atom. The molecule has 0 spiro atoms. The van der Waals surface area contributed by atoms with Gasteiger partial charge in [-0.2, -0.15) is 0 Å². The second-order valence-corrected chi connectivity index (χ2v) is 7.54. The maximum atomic E-state index is 12.3. The van der Waals surface area contributed by atoms with Crippen LogP contribution in [0, 0.1) is 0 Å². The lowest BCUT2D eigenvalue weighted by atomic mass is 10.2. The van der Waals surface area contributed by atoms with Gasteiger partial charge in [0, 0.05) is 25.4 Å². The Morgan fingerprint density at radius 1 is 1.24 bits per heavy atom. The highest BCUT2D eigenvalue weighted by Gasteiger charge is 2.30. The molecule has 0 radical (unpaired) electrons. The van der Waals surface area contributed by atoms with E-state index in [1.807, 2.05) is 18.2 Å². The molecule has 0 saturated carbocycles. The predicted molar refractivity (Wildman–Crippen MR) is 84.1 cm³/mol. The molecule has 1 aromatic rings. The molecule has 0 aromatic heterocycles. The Kier molecular flexibility index (Phi) is 4.72. The second-order valence-electron chi connectivity index (χ2n) is 5.07. The van der Waals surface area contributed by atoms with Crippen LogP contribution in [0.25, 0.3) is 0 Å². The summed E-state index contributed by atoms with van der Waals surface area (Å²) in [6.07, 6.45) is 0.472. The lowest BCUT2D eigenvalue weighted by Crippen LogP contribution is -2.33. The molecule has 7 heteroatoms. The third-order valence-electron chi connectivity index (χ3n) is 3.65. The zero-order chi connectivity index (χ0) is 15.5. The molecule has 116 valence electrons. The molecule has 1 heterocycles. The summed E-state index contributed by atoms with van der Waals surface area (Å²) in [5, 5.41) is 0. The number of carbonyl (C=O) groups is 1. The van der Waals surface area contributed by atoms with E-state index in [9.17, 15) is 13.2 Å². The SMILES string of the molecule is CCS(=O)(=O)CCCN1CCN(c2ccccc2N)C1=O. The van der Waals surface area contributed by atoms with Crippen LogP contribution in [0.5, 0.6) is 0 Å². The van der Waals surface area contributed by atoms with Gasteiger partial charge in [-0.3, -0.25) is 4.90 Å². The minimum atomic E-state index is -2.97. The number of benzene rings is 1. The van der Waals surface area contributed by atoms with Crippen LogP contribution in [0.2, 0.25) is 0 Å². The van der Waals surface area contributed by atoms with Gasteiger partial charge in [0.05, 0.1) is 17.1 Å². The normalized spacial score (nSPS) is 15.8. The van der Waals surface area contributed by atoms with Gasteiger partial charge in [-0.05, 0) is 18.6 Å². The molecular formula is C14H21N3O3S. The number of carbonyl (C=O) groups excluding carboxylic acids is 1. The Balaban J connectivity index is 1.95. The fourth-order valence-electron chi connectivity index (χ4n) is 2.37. The average molecular weight is 311 g/mol. The number of nitrogens with zero attached hydrogens (tertiary/aromatic N) is 2. The first-order valence-corrected chi connectivity index (χ1v) is 8.88. The van der Waals surface area contributed by atoms with Crippen molar-refractivity contribution in [1.29, 1.82) is 0 Å². The minimum Gasteiger partial charge on any atom is -0.397 e. The fourth-order valence-corrected chi connectivity index (χ4v) is 3.22. The van der Waals surface area contributed by atoms with E-state index in [4.69, 9.17) is 5.73 Å². The van der Waals surface area contributed by atoms with Gasteiger partial charge in [0.25, 0.3) is 0 Å². The highest BCUT2D eigenvalue weighted by molar-refractivity contribution is 7.91. The number of nitrogen functional groups attached to an aromatic ring is 1. The number of para-hydroxylation sites is 2. The molecule has 2 amide bonds. The molecule has 1 aromatic carbocycles. The summed E-state index contributed by atoms with van der Waals surface area (Å²) in [5.41, 5.74) is 7.18. The summed E-state index contributed by atoms with van der Waals surface area (Å²) >= 11 is 0. The maximum absolute atomic E-state index is 12.3. The molecule has 1 fully saturated rings. The highest BCUT2D eigenvalue weighted by atomic mass is 32.2. The third kappa shape index (κ3) is 3.66. The first kappa shape index (κ1) is 15.6. The van der Waals surface area contributed by atoms with E-state index >= 15 is 0 Å². The van der Waals surface area contributed by atoms with E-state index in [-0.39, 0.29) is 17.5 Å². The molecule has 21 heavy (non-hydrogen) atoms. The molecule has 1 saturated heterocycles. The third-order valence-corrected chi connectivity index (χ3v) is 5.44. The number of nitrogens with two attached hydrogens (primary N) is 1. The van der Waals surface area contributed by atoms with Crippen LogP contribution < -0.4 is 10.6 Å². The number of sulfone groups is 1. The second kappa shape index (κ2) is 6.34. The molecule has 0 unspecified atom stereocenters. The minimum absolute atomic E-state index is 0.109. The number of anilines is 2. The zero-order valence-corrected chi connectivity index (χ0v) is 13.0. The standard InChI is InChI=1S/C14H21N3O3S/c1-2-21(19,20)11-5-8-16-9-10-17(14(16)18)13-7-4-3-6-12(13)15/h3-4,6-7H,2,5,8-11,15H2,1H3. The molecule has 0 bridgehead atoms. The molecule has 2 rings (SSSR count). The Morgan fingerprint density at radius 2 is 1.95 bits per heavy atom. The lowest BCUT2D eigenvalue weighted by molar-refractivity contribution is 0.221. The van der Waals surface area contributed by atoms with Crippen molar-refractivity contribution >= 4 is 27.2 Å². The number of hydrogen-bond donors (Lipinski definition) is 1. The molecule has 1 aliphatic heterocycles. The summed E-state index contributed by atoms with van der Waals surface area (Å²) in [5.74, 6) is 0.272. The van der Waals surface area contributed by atoms with Crippen LogP contribution in [0.3, 0.4) is 0 Å². The average Bonchev–Trinajstić information content (AvgIpc) is 2.81. The van der Waals surface area contributed by atoms with Crippen molar-refractivity contribution in [2.45, 2.75) is 13.3 Å². The van der Waals surface area contributed by atoms with Gasteiger partial charge < -0.3 is 10.6 Å². The molecule has 0 atom stereocenters. The quantitative estimate of drug-likeness (QED) is 0.803. The first-order valence-electron chi connectivity index (χ1n) is 7.06. The Hall–Kier alpha value is -1.76. The van der Waals surface area contributed by atoms with Gasteiger partial charge >= 0.3 is 6.03 Å². The summed E-state index contributed by atoms with van der Waals surface area (Å²) in [6.45, 7) is 3.27. The smallest absolute Gasteiger partial charge is 0.324 e. The molecule has 0 aliphatic carbocycles. The maximum Gasteiger partial charge on any atom is 0.324 e. The van der Waals surface area contributed by atoms with E-state index in [0.29, 0.717) is 37.4 Å². The van der Waals surface area contributed by atoms with E-state index in [2.05, 4.69) is 0 Å². The largest absolute Gasteiger partial charge is 0.397 e. The van der Waals surface area contributed by atoms with Crippen LogP contribution in [0.4, 0.5) is 16.2 Å². The number of urea groups is 1. The number of rotatable bonds is 6. The van der Waals surface area contributed by atoms with Crippen LogP contribution in [0.15, 0.2) is 24.3 Å². The Labute approximate surface area is 125 Å². The molecule has 2 N–H and O–H groups in total. The zero-order valence-electron chi connectivity index (χ0n) is 12.2. The van der Waals surface area contributed by atoms with E-state index in [1.54, 1.807) is 22.8 Å².